The molecule has 1 aliphatic heterocycles. The minimum Gasteiger partial charge on any atom is -0.324 e. The number of benzene rings is 1. The number of nitrogens with zero attached hydrogens (tertiary/aromatic N) is 4. The van der Waals surface area contributed by atoms with Crippen molar-refractivity contribution in [3.05, 3.63) is 52.6 Å². The fourth-order valence-corrected chi connectivity index (χ4v) is 6.91. The number of nitrogens with one attached hydrogen (secondary N) is 1. The van der Waals surface area contributed by atoms with Crippen molar-refractivity contribution in [1.29, 1.82) is 0 Å². The summed E-state index contributed by atoms with van der Waals surface area (Å²) in [5.41, 5.74) is 1.36. The summed E-state index contributed by atoms with van der Waals surface area (Å²) < 4.78 is 29.6. The number of thiophene rings is 1. The smallest absolute Gasteiger partial charge is 0.252 e. The Hall–Kier alpha value is -2.08. The maximum Gasteiger partial charge on any atom is 0.252 e. The van der Waals surface area contributed by atoms with Gasteiger partial charge in [-0.1, -0.05) is 17.3 Å². The average molecular weight is 496 g/mol. The molecule has 1 saturated heterocycles. The van der Waals surface area contributed by atoms with Crippen LogP contribution in [0.1, 0.15) is 12.8 Å². The number of hydrogen-bond acceptors (Lipinski definition) is 6. The standard InChI is InChI=1S/C18H18BrN5O3S2/c19-16-5-6-17(28-16)29(26,27)23-10-7-13(8-11-23)18(25)21-14-3-1-2-4-15(14)24-12-9-20-22-24/h1-6,9,12-13H,7-8,10-11H2,(H,21,25). The first-order valence-electron chi connectivity index (χ1n) is 8.97. The van der Waals surface area contributed by atoms with Gasteiger partial charge in [-0.3, -0.25) is 4.79 Å². The Balaban J connectivity index is 1.42. The molecule has 0 saturated carbocycles. The van der Waals surface area contributed by atoms with Gasteiger partial charge in [-0.15, -0.1) is 16.4 Å². The highest BCUT2D eigenvalue weighted by molar-refractivity contribution is 9.11. The van der Waals surface area contributed by atoms with Crippen molar-refractivity contribution in [3.63, 3.8) is 0 Å². The molecule has 8 nitrogen and oxygen atoms in total. The number of sulfonamides is 1. The van der Waals surface area contributed by atoms with Crippen LogP contribution in [0, 0.1) is 5.92 Å². The first kappa shape index (κ1) is 20.2. The Bertz CT molecular complexity index is 1110. The van der Waals surface area contributed by atoms with Crippen molar-refractivity contribution in [3.8, 4) is 5.69 Å². The minimum atomic E-state index is -3.51. The second kappa shape index (κ2) is 8.34. The van der Waals surface area contributed by atoms with Gasteiger partial charge in [-0.25, -0.2) is 13.1 Å². The molecule has 29 heavy (non-hydrogen) atoms. The van der Waals surface area contributed by atoms with Gasteiger partial charge in [0.1, 0.15) is 4.21 Å². The molecule has 0 atom stereocenters. The van der Waals surface area contributed by atoms with Crippen molar-refractivity contribution in [2.45, 2.75) is 17.1 Å². The van der Waals surface area contributed by atoms with Gasteiger partial charge in [0.25, 0.3) is 10.0 Å². The van der Waals surface area contributed by atoms with Gasteiger partial charge in [0.15, 0.2) is 0 Å². The number of aromatic nitrogens is 3. The third kappa shape index (κ3) is 4.27. The van der Waals surface area contributed by atoms with Crippen LogP contribution in [0.5, 0.6) is 0 Å². The van der Waals surface area contributed by atoms with E-state index in [1.54, 1.807) is 29.2 Å². The molecular formula is C18H18BrN5O3S2. The van der Waals surface area contributed by atoms with E-state index in [1.165, 1.54) is 15.6 Å². The Morgan fingerprint density at radius 3 is 2.59 bits per heavy atom. The zero-order valence-electron chi connectivity index (χ0n) is 15.2. The molecule has 1 fully saturated rings. The van der Waals surface area contributed by atoms with Crippen LogP contribution < -0.4 is 5.32 Å². The predicted molar refractivity (Wildman–Crippen MR) is 113 cm³/mol. The highest BCUT2D eigenvalue weighted by Gasteiger charge is 2.33. The second-order valence-corrected chi connectivity index (χ2v) is 11.2. The molecule has 0 unspecified atom stereocenters. The van der Waals surface area contributed by atoms with E-state index in [2.05, 4.69) is 31.6 Å². The highest BCUT2D eigenvalue weighted by Crippen LogP contribution is 2.31. The van der Waals surface area contributed by atoms with Crippen molar-refractivity contribution in [1.82, 2.24) is 19.3 Å². The van der Waals surface area contributed by atoms with E-state index >= 15 is 0 Å². The Labute approximate surface area is 180 Å². The fourth-order valence-electron chi connectivity index (χ4n) is 3.27. The van der Waals surface area contributed by atoms with Crippen molar-refractivity contribution >= 4 is 48.9 Å². The molecule has 3 aromatic rings. The van der Waals surface area contributed by atoms with Gasteiger partial charge < -0.3 is 5.32 Å². The van der Waals surface area contributed by atoms with E-state index in [-0.39, 0.29) is 11.8 Å². The first-order valence-corrected chi connectivity index (χ1v) is 12.0. The summed E-state index contributed by atoms with van der Waals surface area (Å²) in [5, 5.41) is 10.7. The molecule has 1 aromatic carbocycles. The normalized spacial score (nSPS) is 16.0. The van der Waals surface area contributed by atoms with Crippen LogP contribution in [0.3, 0.4) is 0 Å². The first-order chi connectivity index (χ1) is 13.9. The summed E-state index contributed by atoms with van der Waals surface area (Å²) in [7, 11) is -3.51. The van der Waals surface area contributed by atoms with E-state index in [0.29, 0.717) is 35.8 Å². The van der Waals surface area contributed by atoms with Gasteiger partial charge in [-0.2, -0.15) is 4.31 Å². The molecule has 1 aliphatic rings. The van der Waals surface area contributed by atoms with Crippen molar-refractivity contribution in [2.75, 3.05) is 18.4 Å². The number of halogens is 1. The van der Waals surface area contributed by atoms with E-state index in [4.69, 9.17) is 0 Å². The molecular weight excluding hydrogens is 478 g/mol. The van der Waals surface area contributed by atoms with Crippen LogP contribution in [-0.4, -0.2) is 46.7 Å². The zero-order valence-corrected chi connectivity index (χ0v) is 18.5. The molecule has 152 valence electrons. The summed E-state index contributed by atoms with van der Waals surface area (Å²) in [6.07, 6.45) is 4.23. The number of piperidine rings is 1. The van der Waals surface area contributed by atoms with Crippen LogP contribution >= 0.6 is 27.3 Å². The van der Waals surface area contributed by atoms with Crippen LogP contribution in [0.4, 0.5) is 5.69 Å². The topological polar surface area (TPSA) is 97.2 Å². The zero-order chi connectivity index (χ0) is 20.4. The Morgan fingerprint density at radius 2 is 1.93 bits per heavy atom. The fraction of sp³-hybridized carbons (Fsp3) is 0.278. The van der Waals surface area contributed by atoms with E-state index < -0.39 is 10.0 Å². The number of carbonyl (C=O) groups is 1. The highest BCUT2D eigenvalue weighted by atomic mass is 79.9. The van der Waals surface area contributed by atoms with Crippen molar-refractivity contribution < 1.29 is 13.2 Å². The van der Waals surface area contributed by atoms with Gasteiger partial charge in [0.2, 0.25) is 5.91 Å². The lowest BCUT2D eigenvalue weighted by Gasteiger charge is -2.30. The van der Waals surface area contributed by atoms with Crippen LogP contribution in [0.15, 0.2) is 56.8 Å². The molecule has 0 radical (unpaired) electrons. The molecule has 11 heteroatoms. The minimum absolute atomic E-state index is 0.117. The molecule has 1 amide bonds. The van der Waals surface area contributed by atoms with Crippen LogP contribution in [0.25, 0.3) is 5.69 Å². The lowest BCUT2D eigenvalue weighted by molar-refractivity contribution is -0.120. The van der Waals surface area contributed by atoms with E-state index in [9.17, 15) is 13.2 Å². The molecule has 0 spiro atoms. The number of amides is 1. The van der Waals surface area contributed by atoms with Crippen LogP contribution in [-0.2, 0) is 14.8 Å². The monoisotopic (exact) mass is 495 g/mol. The average Bonchev–Trinajstić information content (AvgIpc) is 3.41. The van der Waals surface area contributed by atoms with Gasteiger partial charge >= 0.3 is 0 Å². The quantitative estimate of drug-likeness (QED) is 0.586. The molecule has 1 N–H and O–H groups in total. The van der Waals surface area contributed by atoms with E-state index in [1.807, 2.05) is 24.3 Å². The number of rotatable bonds is 5. The maximum absolute atomic E-state index is 12.8. The molecule has 0 aliphatic carbocycles. The summed E-state index contributed by atoms with van der Waals surface area (Å²) in [6.45, 7) is 0.640. The van der Waals surface area contributed by atoms with Gasteiger partial charge in [0.05, 0.1) is 27.6 Å². The van der Waals surface area contributed by atoms with Gasteiger partial charge in [-0.05, 0) is 53.0 Å². The lowest BCUT2D eigenvalue weighted by Crippen LogP contribution is -2.41. The number of carbonyl (C=O) groups excluding carboxylic acids is 1. The predicted octanol–water partition coefficient (Wildman–Crippen LogP) is 3.13. The van der Waals surface area contributed by atoms with Crippen molar-refractivity contribution in [2.24, 2.45) is 5.92 Å². The summed E-state index contributed by atoms with van der Waals surface area (Å²) >= 11 is 4.49. The molecule has 4 rings (SSSR count). The summed E-state index contributed by atoms with van der Waals surface area (Å²) in [6, 6.07) is 10.7. The maximum atomic E-state index is 12.8. The summed E-state index contributed by atoms with van der Waals surface area (Å²) in [5.74, 6) is -0.367. The van der Waals surface area contributed by atoms with Crippen LogP contribution in [0.2, 0.25) is 0 Å². The third-order valence-corrected chi connectivity index (χ3v) is 8.79. The Morgan fingerprint density at radius 1 is 1.17 bits per heavy atom. The second-order valence-electron chi connectivity index (χ2n) is 6.59. The molecule has 3 heterocycles. The molecule has 2 aromatic heterocycles. The lowest BCUT2D eigenvalue weighted by atomic mass is 9.97. The number of para-hydroxylation sites is 2. The largest absolute Gasteiger partial charge is 0.324 e. The Kier molecular flexibility index (Phi) is 5.81. The summed E-state index contributed by atoms with van der Waals surface area (Å²) in [4.78, 5) is 12.8. The number of hydrogen-bond donors (Lipinski definition) is 1. The molecule has 0 bridgehead atoms. The third-order valence-electron chi connectivity index (χ3n) is 4.80. The number of anilines is 1. The van der Waals surface area contributed by atoms with E-state index in [0.717, 1.165) is 9.47 Å². The SMILES string of the molecule is O=C(Nc1ccccc1-n1ccnn1)C1CCN(S(=O)(=O)c2ccc(Br)s2)CC1. The van der Waals surface area contributed by atoms with Gasteiger partial charge in [0, 0.05) is 19.0 Å².